The number of hydrogen-bond acceptors (Lipinski definition) is 3. The van der Waals surface area contributed by atoms with Crippen LogP contribution in [0.1, 0.15) is 44.1 Å². The first-order valence-electron chi connectivity index (χ1n) is 10.8. The number of rotatable bonds is 5. The Bertz CT molecular complexity index is 882. The third kappa shape index (κ3) is 3.90. The summed E-state index contributed by atoms with van der Waals surface area (Å²) in [6.45, 7) is 2.40. The molecule has 0 radical (unpaired) electrons. The molecule has 0 aliphatic carbocycles. The van der Waals surface area contributed by atoms with Crippen LogP contribution >= 0.6 is 0 Å². The number of carbonyl (C=O) groups excluding carboxylic acids is 2. The molecule has 2 fully saturated rings. The van der Waals surface area contributed by atoms with Crippen LogP contribution in [0, 0.1) is 5.41 Å². The van der Waals surface area contributed by atoms with Gasteiger partial charge < -0.3 is 15.6 Å². The lowest BCUT2D eigenvalue weighted by Crippen LogP contribution is -2.60. The van der Waals surface area contributed by atoms with Crippen molar-refractivity contribution < 1.29 is 9.59 Å². The highest BCUT2D eigenvalue weighted by Gasteiger charge is 2.48. The van der Waals surface area contributed by atoms with E-state index in [2.05, 4.69) is 34.3 Å². The van der Waals surface area contributed by atoms with Gasteiger partial charge in [0.1, 0.15) is 0 Å². The Morgan fingerprint density at radius 1 is 1.17 bits per heavy atom. The van der Waals surface area contributed by atoms with Crippen molar-refractivity contribution in [1.82, 2.24) is 14.8 Å². The van der Waals surface area contributed by atoms with Crippen LogP contribution < -0.4 is 5.73 Å². The standard InChI is InChI=1S/C23H32N4O2/c1-26-13-5-10-23(21(26)22(24)29)11-14-27(15-12-23)20(28)9-4-6-17-16-25-19-8-3-2-7-18(17)19/h2-3,7-8,16,21,25H,4-6,9-15H2,1H3,(H2,24,29). The van der Waals surface area contributed by atoms with E-state index in [0.717, 1.165) is 63.7 Å². The molecule has 2 saturated heterocycles. The lowest BCUT2D eigenvalue weighted by Gasteiger charge is -2.51. The van der Waals surface area contributed by atoms with Crippen LogP contribution in [0.5, 0.6) is 0 Å². The summed E-state index contributed by atoms with van der Waals surface area (Å²) in [6.07, 6.45) is 8.27. The molecule has 1 aromatic heterocycles. The van der Waals surface area contributed by atoms with E-state index in [4.69, 9.17) is 5.73 Å². The summed E-state index contributed by atoms with van der Waals surface area (Å²) in [5.74, 6) is 0.0187. The maximum atomic E-state index is 12.8. The zero-order chi connectivity index (χ0) is 20.4. The van der Waals surface area contributed by atoms with E-state index in [0.29, 0.717) is 6.42 Å². The molecule has 2 aliphatic heterocycles. The highest BCUT2D eigenvalue weighted by molar-refractivity contribution is 5.83. The van der Waals surface area contributed by atoms with Gasteiger partial charge in [0.05, 0.1) is 6.04 Å². The number of para-hydroxylation sites is 1. The number of H-pyrrole nitrogens is 1. The minimum atomic E-state index is -0.217. The molecule has 2 aromatic rings. The second-order valence-electron chi connectivity index (χ2n) is 8.85. The van der Waals surface area contributed by atoms with E-state index in [1.54, 1.807) is 0 Å². The predicted octanol–water partition coefficient (Wildman–Crippen LogP) is 2.68. The number of hydrogen-bond donors (Lipinski definition) is 2. The summed E-state index contributed by atoms with van der Waals surface area (Å²) < 4.78 is 0. The first kappa shape index (κ1) is 20.0. The Kier molecular flexibility index (Phi) is 5.63. The molecular weight excluding hydrogens is 364 g/mol. The largest absolute Gasteiger partial charge is 0.368 e. The number of nitrogens with zero attached hydrogens (tertiary/aromatic N) is 2. The van der Waals surface area contributed by atoms with Gasteiger partial charge in [-0.3, -0.25) is 14.5 Å². The van der Waals surface area contributed by atoms with Gasteiger partial charge in [-0.1, -0.05) is 18.2 Å². The SMILES string of the molecule is CN1CCCC2(CCN(C(=O)CCCc3c[nH]c4ccccc34)CC2)C1C(N)=O. The Morgan fingerprint density at radius 2 is 1.93 bits per heavy atom. The van der Waals surface area contributed by atoms with Crippen LogP contribution in [0.15, 0.2) is 30.5 Å². The minimum Gasteiger partial charge on any atom is -0.368 e. The van der Waals surface area contributed by atoms with Gasteiger partial charge in [-0.05, 0) is 69.2 Å². The Balaban J connectivity index is 1.30. The number of benzene rings is 1. The molecule has 0 bridgehead atoms. The Morgan fingerprint density at radius 3 is 2.69 bits per heavy atom. The normalized spacial score (nSPS) is 22.2. The van der Waals surface area contributed by atoms with E-state index in [1.807, 2.05) is 18.0 Å². The second kappa shape index (κ2) is 8.19. The van der Waals surface area contributed by atoms with E-state index >= 15 is 0 Å². The molecule has 0 saturated carbocycles. The number of primary amides is 1. The zero-order valence-corrected chi connectivity index (χ0v) is 17.3. The fourth-order valence-corrected chi connectivity index (χ4v) is 5.58. The van der Waals surface area contributed by atoms with Gasteiger partial charge in [-0.25, -0.2) is 0 Å². The molecule has 3 N–H and O–H groups in total. The predicted molar refractivity (Wildman–Crippen MR) is 114 cm³/mol. The smallest absolute Gasteiger partial charge is 0.235 e. The number of likely N-dealkylation sites (tertiary alicyclic amines) is 2. The van der Waals surface area contributed by atoms with Gasteiger partial charge in [0.2, 0.25) is 11.8 Å². The van der Waals surface area contributed by atoms with Crippen molar-refractivity contribution in [3.63, 3.8) is 0 Å². The van der Waals surface area contributed by atoms with Crippen LogP contribution in [0.25, 0.3) is 10.9 Å². The lowest BCUT2D eigenvalue weighted by molar-refractivity contribution is -0.139. The summed E-state index contributed by atoms with van der Waals surface area (Å²) in [5, 5.41) is 1.25. The monoisotopic (exact) mass is 396 g/mol. The number of nitrogens with one attached hydrogen (secondary N) is 1. The summed E-state index contributed by atoms with van der Waals surface area (Å²) >= 11 is 0. The number of aryl methyl sites for hydroxylation is 1. The molecule has 2 amide bonds. The number of amides is 2. The second-order valence-corrected chi connectivity index (χ2v) is 8.85. The van der Waals surface area contributed by atoms with Gasteiger partial charge in [0.25, 0.3) is 0 Å². The summed E-state index contributed by atoms with van der Waals surface area (Å²) in [4.78, 5) is 32.3. The average molecular weight is 397 g/mol. The quantitative estimate of drug-likeness (QED) is 0.815. The van der Waals surface area contributed by atoms with E-state index in [1.165, 1.54) is 10.9 Å². The van der Waals surface area contributed by atoms with E-state index < -0.39 is 0 Å². The number of nitrogens with two attached hydrogens (primary N) is 1. The topological polar surface area (TPSA) is 82.4 Å². The molecule has 1 unspecified atom stereocenters. The Labute approximate surface area is 172 Å². The molecule has 1 aromatic carbocycles. The average Bonchev–Trinajstić information content (AvgIpc) is 3.11. The third-order valence-corrected chi connectivity index (χ3v) is 7.10. The van der Waals surface area contributed by atoms with Gasteiger partial charge in [0, 0.05) is 36.6 Å². The molecule has 29 heavy (non-hydrogen) atoms. The molecule has 6 nitrogen and oxygen atoms in total. The molecule has 4 rings (SSSR count). The maximum absolute atomic E-state index is 12.8. The van der Waals surface area contributed by atoms with Gasteiger partial charge in [-0.2, -0.15) is 0 Å². The first-order valence-corrected chi connectivity index (χ1v) is 10.8. The number of aromatic amines is 1. The van der Waals surface area contributed by atoms with Gasteiger partial charge in [-0.15, -0.1) is 0 Å². The van der Waals surface area contributed by atoms with Crippen molar-refractivity contribution in [2.24, 2.45) is 11.1 Å². The molecular formula is C23H32N4O2. The molecule has 156 valence electrons. The summed E-state index contributed by atoms with van der Waals surface area (Å²) in [6, 6.07) is 8.09. The zero-order valence-electron chi connectivity index (χ0n) is 17.3. The third-order valence-electron chi connectivity index (χ3n) is 7.10. The van der Waals surface area contributed by atoms with Crippen LogP contribution in [0.3, 0.4) is 0 Å². The molecule has 1 spiro atoms. The van der Waals surface area contributed by atoms with Crippen LogP contribution in [0.4, 0.5) is 0 Å². The first-order chi connectivity index (χ1) is 14.0. The minimum absolute atomic E-state index is 0.0559. The summed E-state index contributed by atoms with van der Waals surface area (Å²) in [7, 11) is 2.00. The van der Waals surface area contributed by atoms with Crippen LogP contribution in [-0.2, 0) is 16.0 Å². The number of aromatic nitrogens is 1. The number of piperidine rings is 2. The van der Waals surface area contributed by atoms with Crippen molar-refractivity contribution in [1.29, 1.82) is 0 Å². The molecule has 6 heteroatoms. The lowest BCUT2D eigenvalue weighted by atomic mass is 9.66. The molecule has 1 atom stereocenters. The highest BCUT2D eigenvalue weighted by atomic mass is 16.2. The fourth-order valence-electron chi connectivity index (χ4n) is 5.58. The van der Waals surface area contributed by atoms with Crippen molar-refractivity contribution in [2.75, 3.05) is 26.7 Å². The van der Waals surface area contributed by atoms with Crippen LogP contribution in [-0.4, -0.2) is 59.3 Å². The van der Waals surface area contributed by atoms with Crippen molar-refractivity contribution in [3.05, 3.63) is 36.0 Å². The Hall–Kier alpha value is -2.34. The van der Waals surface area contributed by atoms with E-state index in [9.17, 15) is 9.59 Å². The van der Waals surface area contributed by atoms with Crippen molar-refractivity contribution >= 4 is 22.7 Å². The molecule has 3 heterocycles. The highest BCUT2D eigenvalue weighted by Crippen LogP contribution is 2.44. The van der Waals surface area contributed by atoms with Crippen molar-refractivity contribution in [3.8, 4) is 0 Å². The van der Waals surface area contributed by atoms with Gasteiger partial charge >= 0.3 is 0 Å². The van der Waals surface area contributed by atoms with Crippen molar-refractivity contribution in [2.45, 2.75) is 51.0 Å². The van der Waals surface area contributed by atoms with E-state index in [-0.39, 0.29) is 23.3 Å². The number of likely N-dealkylation sites (N-methyl/N-ethyl adjacent to an activating group) is 1. The van der Waals surface area contributed by atoms with Crippen LogP contribution in [0.2, 0.25) is 0 Å². The summed E-state index contributed by atoms with van der Waals surface area (Å²) in [5.41, 5.74) is 8.12. The van der Waals surface area contributed by atoms with Gasteiger partial charge in [0.15, 0.2) is 0 Å². The number of fused-ring (bicyclic) bond motifs is 1. The maximum Gasteiger partial charge on any atom is 0.235 e. The molecule has 2 aliphatic rings. The number of carbonyl (C=O) groups is 2. The fraction of sp³-hybridized carbons (Fsp3) is 0.565.